The van der Waals surface area contributed by atoms with Gasteiger partial charge in [0.15, 0.2) is 0 Å². The number of H-pyrrole nitrogens is 2. The summed E-state index contributed by atoms with van der Waals surface area (Å²) in [7, 11) is 1.51. The number of para-hydroxylation sites is 1. The van der Waals surface area contributed by atoms with Crippen LogP contribution in [0.4, 0.5) is 0 Å². The zero-order valence-corrected chi connectivity index (χ0v) is 20.9. The molecule has 6 rings (SSSR count). The van der Waals surface area contributed by atoms with Gasteiger partial charge in [0.1, 0.15) is 0 Å². The van der Waals surface area contributed by atoms with E-state index in [1.807, 2.05) is 0 Å². The van der Waals surface area contributed by atoms with E-state index < -0.39 is 0 Å². The summed E-state index contributed by atoms with van der Waals surface area (Å²) in [5.74, 6) is -0.0934. The highest BCUT2D eigenvalue weighted by molar-refractivity contribution is 5.87. The lowest BCUT2D eigenvalue weighted by Crippen LogP contribution is -2.53. The molecule has 1 fully saturated rings. The fraction of sp³-hybridized carbons (Fsp3) is 0.367. The summed E-state index contributed by atoms with van der Waals surface area (Å²) in [5.41, 5.74) is 14.5. The first kappa shape index (κ1) is 23.1. The zero-order chi connectivity index (χ0) is 24.8. The van der Waals surface area contributed by atoms with Crippen LogP contribution in [0.2, 0.25) is 0 Å². The Morgan fingerprint density at radius 3 is 2.83 bits per heavy atom. The van der Waals surface area contributed by atoms with Gasteiger partial charge in [-0.25, -0.2) is 0 Å². The van der Waals surface area contributed by atoms with Crippen LogP contribution in [-0.4, -0.2) is 42.2 Å². The largest absolute Gasteiger partial charge is 0.469 e. The summed E-state index contributed by atoms with van der Waals surface area (Å²) >= 11 is 0. The van der Waals surface area contributed by atoms with E-state index >= 15 is 0 Å². The van der Waals surface area contributed by atoms with E-state index in [1.165, 1.54) is 45.8 Å². The number of hydrogen-bond acceptors (Lipinski definition) is 4. The molecule has 2 aromatic carbocycles. The maximum Gasteiger partial charge on any atom is 0.310 e. The number of ether oxygens (including phenoxy) is 1. The second-order valence-corrected chi connectivity index (χ2v) is 10.2. The predicted molar refractivity (Wildman–Crippen MR) is 144 cm³/mol. The van der Waals surface area contributed by atoms with Crippen LogP contribution in [0, 0.1) is 11.8 Å². The predicted octanol–water partition coefficient (Wildman–Crippen LogP) is 4.55. The number of rotatable bonds is 4. The summed E-state index contributed by atoms with van der Waals surface area (Å²) in [5, 5.41) is 6.15. The number of carbonyl (C=O) groups excluding carboxylic acids is 1. The van der Waals surface area contributed by atoms with Gasteiger partial charge < -0.3 is 25.8 Å². The van der Waals surface area contributed by atoms with Crippen LogP contribution in [-0.2, 0) is 22.4 Å². The topological polar surface area (TPSA) is 95.9 Å². The molecule has 0 radical (unpaired) electrons. The number of carbonyl (C=O) groups is 1. The van der Waals surface area contributed by atoms with Gasteiger partial charge in [-0.3, -0.25) is 4.79 Å². The molecule has 0 saturated carbocycles. The Balaban J connectivity index is 1.55. The van der Waals surface area contributed by atoms with Crippen molar-refractivity contribution < 1.29 is 9.53 Å². The minimum atomic E-state index is -0.218. The van der Waals surface area contributed by atoms with Crippen molar-refractivity contribution in [3.8, 4) is 0 Å². The fourth-order valence-electron chi connectivity index (χ4n) is 6.71. The third-order valence-electron chi connectivity index (χ3n) is 8.47. The molecule has 4 atom stereocenters. The summed E-state index contributed by atoms with van der Waals surface area (Å²) in [6, 6.07) is 15.3. The minimum absolute atomic E-state index is 0.0368. The molecule has 1 aliphatic heterocycles. The number of hydrogen-bond donors (Lipinski definition) is 4. The normalized spacial score (nSPS) is 25.0. The van der Waals surface area contributed by atoms with E-state index in [4.69, 9.17) is 10.5 Å². The SMILES string of the molecule is CC=C1CNC2Cc3c([nH]c4ccccc34)C(c3ccc4c(CCN)c[nH]c4c3)CC1C2C(=O)OC. The van der Waals surface area contributed by atoms with Crippen LogP contribution in [0.25, 0.3) is 21.8 Å². The average Bonchev–Trinajstić information content (AvgIpc) is 3.47. The van der Waals surface area contributed by atoms with Gasteiger partial charge in [-0.2, -0.15) is 0 Å². The van der Waals surface area contributed by atoms with E-state index in [0.29, 0.717) is 6.54 Å². The Bertz CT molecular complexity index is 1460. The molecule has 6 nitrogen and oxygen atoms in total. The Morgan fingerprint density at radius 1 is 1.17 bits per heavy atom. The standard InChI is InChI=1S/C30H34N4O2/c1-3-17-15-33-27-14-24-21-6-4-5-7-25(21)34-29(24)23(13-22(17)28(27)30(35)36-2)18-8-9-20-19(10-11-31)16-32-26(20)12-18/h3-9,12,16,22-23,27-28,32-34H,10-11,13-15,31H2,1-2H3. The number of fused-ring (bicyclic) bond motifs is 6. The molecule has 1 aliphatic carbocycles. The molecule has 36 heavy (non-hydrogen) atoms. The average molecular weight is 483 g/mol. The molecule has 6 heteroatoms. The first-order chi connectivity index (χ1) is 17.6. The van der Waals surface area contributed by atoms with Crippen molar-refractivity contribution in [2.75, 3.05) is 20.2 Å². The van der Waals surface area contributed by atoms with Crippen LogP contribution in [0.3, 0.4) is 0 Å². The second-order valence-electron chi connectivity index (χ2n) is 10.2. The number of piperidine rings is 1. The minimum Gasteiger partial charge on any atom is -0.469 e. The third kappa shape index (κ3) is 3.67. The molecule has 0 spiro atoms. The Labute approximate surface area is 211 Å². The molecule has 2 aliphatic rings. The molecule has 4 unspecified atom stereocenters. The number of esters is 1. The quantitative estimate of drug-likeness (QED) is 0.253. The maximum absolute atomic E-state index is 13.2. The second kappa shape index (κ2) is 9.26. The van der Waals surface area contributed by atoms with Gasteiger partial charge in [0, 0.05) is 52.2 Å². The van der Waals surface area contributed by atoms with Crippen molar-refractivity contribution in [3.63, 3.8) is 0 Å². The summed E-state index contributed by atoms with van der Waals surface area (Å²) in [6.45, 7) is 3.52. The third-order valence-corrected chi connectivity index (χ3v) is 8.47. The number of nitrogens with two attached hydrogens (primary N) is 1. The van der Waals surface area contributed by atoms with Crippen LogP contribution in [0.1, 0.15) is 41.6 Å². The number of allylic oxidation sites excluding steroid dienone is 1. The molecule has 1 saturated heterocycles. The van der Waals surface area contributed by atoms with E-state index in [1.54, 1.807) is 0 Å². The summed E-state index contributed by atoms with van der Waals surface area (Å²) < 4.78 is 5.37. The number of methoxy groups -OCH3 is 1. The molecule has 4 aromatic rings. The molecule has 186 valence electrons. The van der Waals surface area contributed by atoms with Crippen molar-refractivity contribution in [1.29, 1.82) is 0 Å². The van der Waals surface area contributed by atoms with E-state index in [0.717, 1.165) is 36.8 Å². The first-order valence-corrected chi connectivity index (χ1v) is 13.0. The van der Waals surface area contributed by atoms with Gasteiger partial charge in [-0.15, -0.1) is 0 Å². The first-order valence-electron chi connectivity index (χ1n) is 13.0. The molecule has 2 bridgehead atoms. The van der Waals surface area contributed by atoms with Gasteiger partial charge in [0.05, 0.1) is 13.0 Å². The molecule has 5 N–H and O–H groups in total. The highest BCUT2D eigenvalue weighted by atomic mass is 16.5. The number of aromatic amines is 2. The number of aromatic nitrogens is 2. The monoisotopic (exact) mass is 482 g/mol. The number of benzene rings is 2. The van der Waals surface area contributed by atoms with E-state index in [2.05, 4.69) is 76.9 Å². The molecular weight excluding hydrogens is 448 g/mol. The van der Waals surface area contributed by atoms with Crippen molar-refractivity contribution in [2.45, 2.75) is 38.1 Å². The van der Waals surface area contributed by atoms with Crippen LogP contribution < -0.4 is 11.1 Å². The van der Waals surface area contributed by atoms with Crippen LogP contribution in [0.15, 0.2) is 60.3 Å². The van der Waals surface area contributed by atoms with Gasteiger partial charge in [-0.1, -0.05) is 42.0 Å². The zero-order valence-electron chi connectivity index (χ0n) is 20.9. The Morgan fingerprint density at radius 2 is 2.03 bits per heavy atom. The Kier molecular flexibility index (Phi) is 5.94. The molecule has 2 aromatic heterocycles. The highest BCUT2D eigenvalue weighted by Crippen LogP contribution is 2.46. The summed E-state index contributed by atoms with van der Waals surface area (Å²) in [6.07, 6.45) is 6.75. The fourth-order valence-corrected chi connectivity index (χ4v) is 6.71. The lowest BCUT2D eigenvalue weighted by atomic mass is 9.68. The summed E-state index contributed by atoms with van der Waals surface area (Å²) in [4.78, 5) is 20.5. The lowest BCUT2D eigenvalue weighted by molar-refractivity contribution is -0.149. The van der Waals surface area contributed by atoms with Crippen LogP contribution >= 0.6 is 0 Å². The van der Waals surface area contributed by atoms with Gasteiger partial charge >= 0.3 is 5.97 Å². The molecule has 0 amide bonds. The lowest BCUT2D eigenvalue weighted by Gasteiger charge is -2.42. The van der Waals surface area contributed by atoms with Gasteiger partial charge in [0.25, 0.3) is 0 Å². The number of nitrogens with one attached hydrogen (secondary N) is 3. The van der Waals surface area contributed by atoms with Crippen LogP contribution in [0.5, 0.6) is 0 Å². The highest BCUT2D eigenvalue weighted by Gasteiger charge is 2.45. The molecule has 3 heterocycles. The molecular formula is C30H34N4O2. The van der Waals surface area contributed by atoms with Gasteiger partial charge in [0.2, 0.25) is 0 Å². The van der Waals surface area contributed by atoms with Crippen molar-refractivity contribution in [2.24, 2.45) is 17.6 Å². The van der Waals surface area contributed by atoms with Gasteiger partial charge in [-0.05, 0) is 67.5 Å². The van der Waals surface area contributed by atoms with E-state index in [9.17, 15) is 4.79 Å². The maximum atomic E-state index is 13.2. The smallest absolute Gasteiger partial charge is 0.310 e. The van der Waals surface area contributed by atoms with Crippen molar-refractivity contribution >= 4 is 27.8 Å². The van der Waals surface area contributed by atoms with Crippen molar-refractivity contribution in [3.05, 3.63) is 82.7 Å². The van der Waals surface area contributed by atoms with E-state index in [-0.39, 0.29) is 29.8 Å². The van der Waals surface area contributed by atoms with Crippen molar-refractivity contribution in [1.82, 2.24) is 15.3 Å². The Hall–Kier alpha value is -3.35.